The van der Waals surface area contributed by atoms with E-state index >= 15 is 0 Å². The lowest BCUT2D eigenvalue weighted by Gasteiger charge is -1.95. The van der Waals surface area contributed by atoms with Crippen LogP contribution >= 0.6 is 11.3 Å². The maximum atomic E-state index is 10.7. The molecule has 0 bridgehead atoms. The van der Waals surface area contributed by atoms with Crippen molar-refractivity contribution in [1.29, 1.82) is 0 Å². The van der Waals surface area contributed by atoms with E-state index in [1.54, 1.807) is 6.07 Å². The van der Waals surface area contributed by atoms with E-state index in [9.17, 15) is 4.79 Å². The van der Waals surface area contributed by atoms with Gasteiger partial charge in [0, 0.05) is 16.0 Å². The number of rotatable bonds is 2. The second-order valence-corrected chi connectivity index (χ2v) is 4.06. The highest BCUT2D eigenvalue weighted by Gasteiger charge is 2.10. The SMILES string of the molecule is Nc1ccc2c(CO)c(C=O)sc2c1. The lowest BCUT2D eigenvalue weighted by molar-refractivity contribution is 0.112. The predicted octanol–water partition coefficient (Wildman–Crippen LogP) is 1.79. The van der Waals surface area contributed by atoms with Crippen LogP contribution in [-0.4, -0.2) is 11.4 Å². The zero-order valence-electron chi connectivity index (χ0n) is 7.36. The molecule has 0 aliphatic carbocycles. The summed E-state index contributed by atoms with van der Waals surface area (Å²) in [6.45, 7) is -0.113. The minimum atomic E-state index is -0.113. The van der Waals surface area contributed by atoms with Crippen molar-refractivity contribution in [3.05, 3.63) is 28.6 Å². The van der Waals surface area contributed by atoms with Crippen molar-refractivity contribution in [1.82, 2.24) is 0 Å². The Bertz CT molecular complexity index is 490. The first-order valence-electron chi connectivity index (χ1n) is 4.13. The number of carbonyl (C=O) groups is 1. The number of aliphatic hydroxyl groups is 1. The molecule has 72 valence electrons. The summed E-state index contributed by atoms with van der Waals surface area (Å²) >= 11 is 1.35. The van der Waals surface area contributed by atoms with Crippen LogP contribution in [0.3, 0.4) is 0 Å². The van der Waals surface area contributed by atoms with Crippen LogP contribution in [-0.2, 0) is 6.61 Å². The van der Waals surface area contributed by atoms with Crippen LogP contribution in [0.5, 0.6) is 0 Å². The summed E-state index contributed by atoms with van der Waals surface area (Å²) in [5.74, 6) is 0. The third kappa shape index (κ3) is 1.29. The Morgan fingerprint density at radius 1 is 1.50 bits per heavy atom. The quantitative estimate of drug-likeness (QED) is 0.583. The molecule has 1 heterocycles. The van der Waals surface area contributed by atoms with Gasteiger partial charge in [0.25, 0.3) is 0 Å². The first-order chi connectivity index (χ1) is 6.76. The van der Waals surface area contributed by atoms with E-state index in [4.69, 9.17) is 10.8 Å². The third-order valence-electron chi connectivity index (χ3n) is 2.11. The fourth-order valence-corrected chi connectivity index (χ4v) is 2.52. The van der Waals surface area contributed by atoms with Crippen molar-refractivity contribution in [2.75, 3.05) is 5.73 Å². The second kappa shape index (κ2) is 3.40. The summed E-state index contributed by atoms with van der Waals surface area (Å²) < 4.78 is 0.941. The molecule has 1 aromatic carbocycles. The first kappa shape index (κ1) is 9.18. The van der Waals surface area contributed by atoms with E-state index in [-0.39, 0.29) is 6.61 Å². The standard InChI is InChI=1S/C10H9NO2S/c11-6-1-2-7-8(4-12)10(5-13)14-9(7)3-6/h1-3,5,12H,4,11H2. The highest BCUT2D eigenvalue weighted by molar-refractivity contribution is 7.20. The van der Waals surface area contributed by atoms with Crippen LogP contribution in [0.15, 0.2) is 18.2 Å². The van der Waals surface area contributed by atoms with Gasteiger partial charge in [-0.15, -0.1) is 11.3 Å². The molecule has 0 amide bonds. The highest BCUT2D eigenvalue weighted by atomic mass is 32.1. The lowest BCUT2D eigenvalue weighted by atomic mass is 10.1. The van der Waals surface area contributed by atoms with Gasteiger partial charge < -0.3 is 10.8 Å². The van der Waals surface area contributed by atoms with Crippen molar-refractivity contribution < 1.29 is 9.90 Å². The van der Waals surface area contributed by atoms with Crippen LogP contribution in [0.25, 0.3) is 10.1 Å². The predicted molar refractivity (Wildman–Crippen MR) is 57.5 cm³/mol. The number of benzene rings is 1. The van der Waals surface area contributed by atoms with Crippen LogP contribution in [0.4, 0.5) is 5.69 Å². The number of anilines is 1. The Hall–Kier alpha value is -1.39. The number of aldehydes is 1. The minimum Gasteiger partial charge on any atom is -0.399 e. The van der Waals surface area contributed by atoms with E-state index in [1.807, 2.05) is 12.1 Å². The fraction of sp³-hybridized carbons (Fsp3) is 0.100. The Balaban J connectivity index is 2.79. The largest absolute Gasteiger partial charge is 0.399 e. The molecule has 3 N–H and O–H groups in total. The van der Waals surface area contributed by atoms with Crippen molar-refractivity contribution in [3.63, 3.8) is 0 Å². The molecule has 0 spiro atoms. The molecule has 0 saturated carbocycles. The van der Waals surface area contributed by atoms with Crippen molar-refractivity contribution in [2.24, 2.45) is 0 Å². The molecule has 2 aromatic rings. The van der Waals surface area contributed by atoms with Gasteiger partial charge in [-0.25, -0.2) is 0 Å². The van der Waals surface area contributed by atoms with Gasteiger partial charge in [0.2, 0.25) is 0 Å². The van der Waals surface area contributed by atoms with Crippen LogP contribution in [0, 0.1) is 0 Å². The number of aliphatic hydroxyl groups excluding tert-OH is 1. The molecule has 0 aliphatic heterocycles. The topological polar surface area (TPSA) is 63.3 Å². The van der Waals surface area contributed by atoms with Crippen molar-refractivity contribution in [3.8, 4) is 0 Å². The minimum absolute atomic E-state index is 0.113. The number of hydrogen-bond acceptors (Lipinski definition) is 4. The molecular formula is C10H9NO2S. The third-order valence-corrected chi connectivity index (χ3v) is 3.23. The second-order valence-electron chi connectivity index (χ2n) is 2.98. The van der Waals surface area contributed by atoms with E-state index in [0.717, 1.165) is 16.4 Å². The average Bonchev–Trinajstić information content (AvgIpc) is 2.54. The van der Waals surface area contributed by atoms with Crippen molar-refractivity contribution in [2.45, 2.75) is 6.61 Å². The number of hydrogen-bond donors (Lipinski definition) is 2. The molecule has 0 atom stereocenters. The van der Waals surface area contributed by atoms with Crippen LogP contribution in [0.1, 0.15) is 15.2 Å². The molecule has 2 rings (SSSR count). The fourth-order valence-electron chi connectivity index (χ4n) is 1.44. The summed E-state index contributed by atoms with van der Waals surface area (Å²) in [5.41, 5.74) is 6.98. The van der Waals surface area contributed by atoms with E-state index in [0.29, 0.717) is 16.1 Å². The molecular weight excluding hydrogens is 198 g/mol. The Morgan fingerprint density at radius 2 is 2.29 bits per heavy atom. The Kier molecular flexibility index (Phi) is 2.23. The van der Waals surface area contributed by atoms with Gasteiger partial charge in [0.15, 0.2) is 6.29 Å². The maximum Gasteiger partial charge on any atom is 0.160 e. The lowest BCUT2D eigenvalue weighted by Crippen LogP contribution is -1.86. The summed E-state index contributed by atoms with van der Waals surface area (Å²) in [6.07, 6.45) is 0.770. The normalized spacial score (nSPS) is 10.6. The summed E-state index contributed by atoms with van der Waals surface area (Å²) in [7, 11) is 0. The molecule has 0 fully saturated rings. The first-order valence-corrected chi connectivity index (χ1v) is 4.95. The smallest absolute Gasteiger partial charge is 0.160 e. The molecule has 0 radical (unpaired) electrons. The van der Waals surface area contributed by atoms with E-state index in [2.05, 4.69) is 0 Å². The Morgan fingerprint density at radius 3 is 2.93 bits per heavy atom. The number of nitrogen functional groups attached to an aromatic ring is 1. The van der Waals surface area contributed by atoms with E-state index < -0.39 is 0 Å². The molecule has 0 unspecified atom stereocenters. The molecule has 0 saturated heterocycles. The van der Waals surface area contributed by atoms with Gasteiger partial charge in [0.05, 0.1) is 11.5 Å². The number of carbonyl (C=O) groups excluding carboxylic acids is 1. The zero-order valence-corrected chi connectivity index (χ0v) is 8.17. The van der Waals surface area contributed by atoms with Crippen LogP contribution in [0.2, 0.25) is 0 Å². The summed E-state index contributed by atoms with van der Waals surface area (Å²) in [5, 5.41) is 10.0. The summed E-state index contributed by atoms with van der Waals surface area (Å²) in [4.78, 5) is 11.3. The maximum absolute atomic E-state index is 10.7. The average molecular weight is 207 g/mol. The monoisotopic (exact) mass is 207 g/mol. The molecule has 1 aromatic heterocycles. The van der Waals surface area contributed by atoms with Crippen molar-refractivity contribution >= 4 is 33.4 Å². The summed E-state index contributed by atoms with van der Waals surface area (Å²) in [6, 6.07) is 5.41. The van der Waals surface area contributed by atoms with Gasteiger partial charge in [-0.3, -0.25) is 4.79 Å². The van der Waals surface area contributed by atoms with Gasteiger partial charge in [-0.1, -0.05) is 6.07 Å². The number of thiophene rings is 1. The number of nitrogens with two attached hydrogens (primary N) is 1. The van der Waals surface area contributed by atoms with Gasteiger partial charge in [-0.05, 0) is 17.5 Å². The molecule has 14 heavy (non-hydrogen) atoms. The Labute approximate surface area is 84.8 Å². The highest BCUT2D eigenvalue weighted by Crippen LogP contribution is 2.31. The van der Waals surface area contributed by atoms with Gasteiger partial charge in [0.1, 0.15) is 0 Å². The molecule has 4 heteroatoms. The molecule has 0 aliphatic rings. The van der Waals surface area contributed by atoms with E-state index in [1.165, 1.54) is 11.3 Å². The van der Waals surface area contributed by atoms with Gasteiger partial charge in [-0.2, -0.15) is 0 Å². The van der Waals surface area contributed by atoms with Crippen LogP contribution < -0.4 is 5.73 Å². The van der Waals surface area contributed by atoms with Gasteiger partial charge >= 0.3 is 0 Å². The molecule has 3 nitrogen and oxygen atoms in total. The number of fused-ring (bicyclic) bond motifs is 1. The zero-order chi connectivity index (χ0) is 10.1.